The molecule has 2 amide bonds. The highest BCUT2D eigenvalue weighted by Crippen LogP contribution is 2.10. The number of pyridine rings is 1. The Balaban J connectivity index is 1.71. The van der Waals surface area contributed by atoms with Crippen molar-refractivity contribution in [3.05, 3.63) is 65.5 Å². The third-order valence-electron chi connectivity index (χ3n) is 3.55. The van der Waals surface area contributed by atoms with Gasteiger partial charge in [-0.2, -0.15) is 0 Å². The SMILES string of the molecule is CC(NC(=O)CCCNC(=O)c1ccc(F)cc1F)c1ccccn1. The minimum atomic E-state index is -0.917. The van der Waals surface area contributed by atoms with Gasteiger partial charge in [-0.1, -0.05) is 6.07 Å². The first-order valence-electron chi connectivity index (χ1n) is 7.91. The zero-order valence-corrected chi connectivity index (χ0v) is 13.8. The maximum atomic E-state index is 13.5. The van der Waals surface area contributed by atoms with Crippen molar-refractivity contribution in [2.75, 3.05) is 6.54 Å². The van der Waals surface area contributed by atoms with Crippen LogP contribution in [0.15, 0.2) is 42.6 Å². The summed E-state index contributed by atoms with van der Waals surface area (Å²) in [6.07, 6.45) is 2.26. The Bertz CT molecular complexity index is 738. The molecule has 1 heterocycles. The molecular weight excluding hydrogens is 328 g/mol. The molecule has 1 aromatic heterocycles. The lowest BCUT2D eigenvalue weighted by Crippen LogP contribution is -2.29. The van der Waals surface area contributed by atoms with E-state index in [9.17, 15) is 18.4 Å². The molecule has 5 nitrogen and oxygen atoms in total. The number of amides is 2. The molecule has 2 N–H and O–H groups in total. The summed E-state index contributed by atoms with van der Waals surface area (Å²) in [6.45, 7) is 2.04. The Hall–Kier alpha value is -2.83. The Morgan fingerprint density at radius 3 is 2.68 bits per heavy atom. The van der Waals surface area contributed by atoms with Crippen molar-refractivity contribution >= 4 is 11.8 Å². The van der Waals surface area contributed by atoms with E-state index in [1.54, 1.807) is 12.3 Å². The Labute approximate surface area is 144 Å². The summed E-state index contributed by atoms with van der Waals surface area (Å²) in [5.74, 6) is -2.47. The molecule has 7 heteroatoms. The van der Waals surface area contributed by atoms with Crippen LogP contribution in [0.1, 0.15) is 41.9 Å². The first-order chi connectivity index (χ1) is 12.0. The third-order valence-corrected chi connectivity index (χ3v) is 3.55. The number of benzene rings is 1. The number of aromatic nitrogens is 1. The lowest BCUT2D eigenvalue weighted by molar-refractivity contribution is -0.121. The Kier molecular flexibility index (Phi) is 6.56. The van der Waals surface area contributed by atoms with E-state index in [4.69, 9.17) is 0 Å². The number of nitrogens with one attached hydrogen (secondary N) is 2. The van der Waals surface area contributed by atoms with Crippen LogP contribution in [0, 0.1) is 11.6 Å². The average Bonchev–Trinajstić information content (AvgIpc) is 2.59. The van der Waals surface area contributed by atoms with Crippen LogP contribution < -0.4 is 10.6 Å². The molecule has 1 atom stereocenters. The summed E-state index contributed by atoms with van der Waals surface area (Å²) in [4.78, 5) is 27.8. The molecule has 132 valence electrons. The molecule has 0 saturated heterocycles. The van der Waals surface area contributed by atoms with E-state index in [1.165, 1.54) is 0 Å². The number of carbonyl (C=O) groups excluding carboxylic acids is 2. The second-order valence-corrected chi connectivity index (χ2v) is 5.53. The molecule has 0 aliphatic rings. The summed E-state index contributed by atoms with van der Waals surface area (Å²) < 4.78 is 26.3. The molecule has 1 aromatic carbocycles. The Morgan fingerprint density at radius 2 is 2.00 bits per heavy atom. The number of rotatable bonds is 7. The predicted octanol–water partition coefficient (Wildman–Crippen LogP) is 2.75. The average molecular weight is 347 g/mol. The molecule has 0 aliphatic carbocycles. The predicted molar refractivity (Wildman–Crippen MR) is 88.7 cm³/mol. The van der Waals surface area contributed by atoms with E-state index in [0.717, 1.165) is 17.8 Å². The molecular formula is C18H19F2N3O2. The molecule has 0 aliphatic heterocycles. The molecule has 25 heavy (non-hydrogen) atoms. The fourth-order valence-corrected chi connectivity index (χ4v) is 2.24. The number of hydrogen-bond donors (Lipinski definition) is 2. The summed E-state index contributed by atoms with van der Waals surface area (Å²) in [5.41, 5.74) is 0.533. The van der Waals surface area contributed by atoms with E-state index < -0.39 is 17.5 Å². The molecule has 0 saturated carbocycles. The lowest BCUT2D eigenvalue weighted by atomic mass is 10.2. The number of halogens is 2. The minimum Gasteiger partial charge on any atom is -0.352 e. The van der Waals surface area contributed by atoms with E-state index in [0.29, 0.717) is 12.5 Å². The van der Waals surface area contributed by atoms with Gasteiger partial charge < -0.3 is 10.6 Å². The first-order valence-corrected chi connectivity index (χ1v) is 7.91. The fraction of sp³-hybridized carbons (Fsp3) is 0.278. The van der Waals surface area contributed by atoms with Crippen molar-refractivity contribution in [3.8, 4) is 0 Å². The van der Waals surface area contributed by atoms with Crippen molar-refractivity contribution in [3.63, 3.8) is 0 Å². The number of hydrogen-bond acceptors (Lipinski definition) is 3. The smallest absolute Gasteiger partial charge is 0.254 e. The van der Waals surface area contributed by atoms with Gasteiger partial charge in [0.15, 0.2) is 0 Å². The topological polar surface area (TPSA) is 71.1 Å². The summed E-state index contributed by atoms with van der Waals surface area (Å²) in [5, 5.41) is 5.32. The molecule has 0 radical (unpaired) electrons. The number of nitrogens with zero attached hydrogens (tertiary/aromatic N) is 1. The van der Waals surface area contributed by atoms with Gasteiger partial charge in [-0.15, -0.1) is 0 Å². The van der Waals surface area contributed by atoms with Crippen molar-refractivity contribution < 1.29 is 18.4 Å². The lowest BCUT2D eigenvalue weighted by Gasteiger charge is -2.13. The fourth-order valence-electron chi connectivity index (χ4n) is 2.24. The maximum Gasteiger partial charge on any atom is 0.254 e. The molecule has 0 bridgehead atoms. The van der Waals surface area contributed by atoms with Crippen molar-refractivity contribution in [2.24, 2.45) is 0 Å². The minimum absolute atomic E-state index is 0.166. The highest BCUT2D eigenvalue weighted by molar-refractivity contribution is 5.94. The van der Waals surface area contributed by atoms with E-state index in [2.05, 4.69) is 15.6 Å². The van der Waals surface area contributed by atoms with Crippen LogP contribution in [0.25, 0.3) is 0 Å². The zero-order chi connectivity index (χ0) is 18.2. The van der Waals surface area contributed by atoms with Crippen LogP contribution in [0.2, 0.25) is 0 Å². The van der Waals surface area contributed by atoms with Crippen LogP contribution in [0.4, 0.5) is 8.78 Å². The molecule has 0 spiro atoms. The normalized spacial score (nSPS) is 11.6. The molecule has 2 rings (SSSR count). The van der Waals surface area contributed by atoms with Gasteiger partial charge in [-0.25, -0.2) is 8.78 Å². The van der Waals surface area contributed by atoms with Crippen LogP contribution in [-0.4, -0.2) is 23.3 Å². The monoisotopic (exact) mass is 347 g/mol. The zero-order valence-electron chi connectivity index (χ0n) is 13.8. The van der Waals surface area contributed by atoms with Gasteiger partial charge in [0.1, 0.15) is 11.6 Å². The van der Waals surface area contributed by atoms with Gasteiger partial charge in [-0.05, 0) is 37.6 Å². The molecule has 2 aromatic rings. The highest BCUT2D eigenvalue weighted by atomic mass is 19.1. The van der Waals surface area contributed by atoms with Crippen molar-refractivity contribution in [1.29, 1.82) is 0 Å². The standard InChI is InChI=1S/C18H19F2N3O2/c1-12(16-5-2-3-9-21-16)23-17(24)6-4-10-22-18(25)14-8-7-13(19)11-15(14)20/h2-3,5,7-9,11-12H,4,6,10H2,1H3,(H,22,25)(H,23,24). The van der Waals surface area contributed by atoms with Gasteiger partial charge in [-0.3, -0.25) is 14.6 Å². The first kappa shape index (κ1) is 18.5. The summed E-state index contributed by atoms with van der Waals surface area (Å²) in [6, 6.07) is 8.01. The molecule has 1 unspecified atom stereocenters. The quantitative estimate of drug-likeness (QED) is 0.757. The number of carbonyl (C=O) groups is 2. The van der Waals surface area contributed by atoms with Crippen LogP contribution >= 0.6 is 0 Å². The molecule has 0 fully saturated rings. The van der Waals surface area contributed by atoms with Gasteiger partial charge in [0.2, 0.25) is 5.91 Å². The van der Waals surface area contributed by atoms with Gasteiger partial charge in [0, 0.05) is 25.2 Å². The van der Waals surface area contributed by atoms with E-state index in [-0.39, 0.29) is 30.5 Å². The Morgan fingerprint density at radius 1 is 1.20 bits per heavy atom. The maximum absolute atomic E-state index is 13.5. The van der Waals surface area contributed by atoms with E-state index >= 15 is 0 Å². The van der Waals surface area contributed by atoms with Crippen LogP contribution in [0.5, 0.6) is 0 Å². The van der Waals surface area contributed by atoms with Gasteiger partial charge in [0.25, 0.3) is 5.91 Å². The van der Waals surface area contributed by atoms with Gasteiger partial charge >= 0.3 is 0 Å². The summed E-state index contributed by atoms with van der Waals surface area (Å²) in [7, 11) is 0. The largest absolute Gasteiger partial charge is 0.352 e. The van der Waals surface area contributed by atoms with Crippen LogP contribution in [0.3, 0.4) is 0 Å². The van der Waals surface area contributed by atoms with E-state index in [1.807, 2.05) is 19.1 Å². The highest BCUT2D eigenvalue weighted by Gasteiger charge is 2.13. The third kappa shape index (κ3) is 5.63. The van der Waals surface area contributed by atoms with Crippen LogP contribution in [-0.2, 0) is 4.79 Å². The van der Waals surface area contributed by atoms with Gasteiger partial charge in [0.05, 0.1) is 17.3 Å². The summed E-state index contributed by atoms with van der Waals surface area (Å²) >= 11 is 0. The second kappa shape index (κ2) is 8.86. The van der Waals surface area contributed by atoms with Crippen molar-refractivity contribution in [1.82, 2.24) is 15.6 Å². The second-order valence-electron chi connectivity index (χ2n) is 5.53. The van der Waals surface area contributed by atoms with Crippen molar-refractivity contribution in [2.45, 2.75) is 25.8 Å².